The minimum Gasteiger partial charge on any atom is -0.356 e. The number of benzene rings is 2. The maximum absolute atomic E-state index is 12.2. The predicted octanol–water partition coefficient (Wildman–Crippen LogP) is 4.23. The summed E-state index contributed by atoms with van der Waals surface area (Å²) in [5, 5.41) is 6.99. The van der Waals surface area contributed by atoms with Gasteiger partial charge in [-0.2, -0.15) is 0 Å². The molecule has 2 N–H and O–H groups in total. The Balaban J connectivity index is 0.00000341. The highest BCUT2D eigenvalue weighted by molar-refractivity contribution is 14.0. The van der Waals surface area contributed by atoms with Crippen LogP contribution in [0.5, 0.6) is 0 Å². The largest absolute Gasteiger partial charge is 0.356 e. The van der Waals surface area contributed by atoms with E-state index in [-0.39, 0.29) is 35.3 Å². The van der Waals surface area contributed by atoms with E-state index in [1.165, 1.54) is 31.2 Å². The Kier molecular flexibility index (Phi) is 9.81. The number of carbonyl (C=O) groups excluding carboxylic acids is 1. The summed E-state index contributed by atoms with van der Waals surface area (Å²) in [6, 6.07) is 18.7. The zero-order chi connectivity index (χ0) is 21.4. The molecule has 2 aromatic rings. The first-order chi connectivity index (χ1) is 14.5. The average Bonchev–Trinajstić information content (AvgIpc) is 3.26. The molecule has 0 spiro atoms. The molecule has 168 valence electrons. The Morgan fingerprint density at radius 2 is 1.74 bits per heavy atom. The summed E-state index contributed by atoms with van der Waals surface area (Å²) < 4.78 is 0. The van der Waals surface area contributed by atoms with Crippen molar-refractivity contribution in [3.63, 3.8) is 0 Å². The van der Waals surface area contributed by atoms with Crippen molar-refractivity contribution in [2.75, 3.05) is 34.2 Å². The third kappa shape index (κ3) is 6.69. The first-order valence-corrected chi connectivity index (χ1v) is 10.8. The molecular formula is C25H35IN4O. The Labute approximate surface area is 203 Å². The molecule has 0 aromatic heterocycles. The number of guanidine groups is 1. The van der Waals surface area contributed by atoms with Gasteiger partial charge >= 0.3 is 0 Å². The van der Waals surface area contributed by atoms with Crippen molar-refractivity contribution in [1.82, 2.24) is 15.5 Å². The van der Waals surface area contributed by atoms with Gasteiger partial charge in [-0.25, -0.2) is 0 Å². The number of nitrogens with zero attached hydrogens (tertiary/aromatic N) is 2. The van der Waals surface area contributed by atoms with E-state index in [0.717, 1.165) is 36.6 Å². The minimum absolute atomic E-state index is 0. The van der Waals surface area contributed by atoms with Gasteiger partial charge in [-0.3, -0.25) is 9.79 Å². The SMILES string of the molecule is CN=C(NCCc1cccc(C(=O)N(C)C)c1)NCC1(c2ccccc2)CCCC1.I. The van der Waals surface area contributed by atoms with E-state index in [9.17, 15) is 4.79 Å². The van der Waals surface area contributed by atoms with Crippen molar-refractivity contribution in [2.45, 2.75) is 37.5 Å². The average molecular weight is 534 g/mol. The van der Waals surface area contributed by atoms with Gasteiger partial charge in [-0.1, -0.05) is 55.3 Å². The van der Waals surface area contributed by atoms with E-state index in [2.05, 4.69) is 52.0 Å². The van der Waals surface area contributed by atoms with Gasteiger partial charge in [-0.05, 0) is 42.5 Å². The molecular weight excluding hydrogens is 499 g/mol. The lowest BCUT2D eigenvalue weighted by Crippen LogP contribution is -2.45. The highest BCUT2D eigenvalue weighted by Gasteiger charge is 2.35. The number of rotatable bonds is 7. The second-order valence-electron chi connectivity index (χ2n) is 8.36. The fraction of sp³-hybridized carbons (Fsp3) is 0.440. The van der Waals surface area contributed by atoms with Gasteiger partial charge in [0, 0.05) is 45.2 Å². The van der Waals surface area contributed by atoms with Gasteiger partial charge in [0.05, 0.1) is 0 Å². The van der Waals surface area contributed by atoms with Crippen LogP contribution >= 0.6 is 24.0 Å². The molecule has 1 amide bonds. The third-order valence-electron chi connectivity index (χ3n) is 6.05. The number of hydrogen-bond acceptors (Lipinski definition) is 2. The lowest BCUT2D eigenvalue weighted by molar-refractivity contribution is 0.0827. The summed E-state index contributed by atoms with van der Waals surface area (Å²) in [6.45, 7) is 1.65. The highest BCUT2D eigenvalue weighted by Crippen LogP contribution is 2.40. The van der Waals surface area contributed by atoms with Gasteiger partial charge in [0.1, 0.15) is 0 Å². The first-order valence-electron chi connectivity index (χ1n) is 10.8. The highest BCUT2D eigenvalue weighted by atomic mass is 127. The minimum atomic E-state index is 0. The normalized spacial score (nSPS) is 15.1. The van der Waals surface area contributed by atoms with E-state index < -0.39 is 0 Å². The molecule has 1 aliphatic carbocycles. The third-order valence-corrected chi connectivity index (χ3v) is 6.05. The summed E-state index contributed by atoms with van der Waals surface area (Å²) >= 11 is 0. The fourth-order valence-corrected chi connectivity index (χ4v) is 4.33. The number of halogens is 1. The Bertz CT molecular complexity index is 861. The maximum atomic E-state index is 12.2. The van der Waals surface area contributed by atoms with Crippen LogP contribution in [0.1, 0.15) is 47.2 Å². The van der Waals surface area contributed by atoms with Crippen LogP contribution in [-0.2, 0) is 11.8 Å². The topological polar surface area (TPSA) is 56.7 Å². The summed E-state index contributed by atoms with van der Waals surface area (Å²) in [6.07, 6.45) is 5.83. The molecule has 0 aliphatic heterocycles. The molecule has 3 rings (SSSR count). The van der Waals surface area contributed by atoms with Crippen molar-refractivity contribution >= 4 is 35.8 Å². The van der Waals surface area contributed by atoms with Gasteiger partial charge in [0.2, 0.25) is 0 Å². The van der Waals surface area contributed by atoms with Crippen LogP contribution in [0.15, 0.2) is 59.6 Å². The molecule has 0 bridgehead atoms. The van der Waals surface area contributed by atoms with Crippen LogP contribution in [0.4, 0.5) is 0 Å². The zero-order valence-corrected chi connectivity index (χ0v) is 21.2. The molecule has 0 atom stereocenters. The fourth-order valence-electron chi connectivity index (χ4n) is 4.33. The van der Waals surface area contributed by atoms with Gasteiger partial charge in [-0.15, -0.1) is 24.0 Å². The summed E-state index contributed by atoms with van der Waals surface area (Å²) in [5.74, 6) is 0.864. The molecule has 0 heterocycles. The van der Waals surface area contributed by atoms with Crippen LogP contribution in [0.3, 0.4) is 0 Å². The van der Waals surface area contributed by atoms with E-state index in [0.29, 0.717) is 0 Å². The second kappa shape index (κ2) is 12.1. The monoisotopic (exact) mass is 534 g/mol. The first kappa shape index (κ1) is 25.2. The van der Waals surface area contributed by atoms with Crippen LogP contribution in [0.25, 0.3) is 0 Å². The molecule has 31 heavy (non-hydrogen) atoms. The quantitative estimate of drug-likeness (QED) is 0.318. The number of amides is 1. The number of hydrogen-bond donors (Lipinski definition) is 2. The molecule has 1 saturated carbocycles. The molecule has 1 aliphatic rings. The molecule has 5 nitrogen and oxygen atoms in total. The van der Waals surface area contributed by atoms with Crippen LogP contribution < -0.4 is 10.6 Å². The number of nitrogens with one attached hydrogen (secondary N) is 2. The Hall–Kier alpha value is -2.09. The van der Waals surface area contributed by atoms with Crippen molar-refractivity contribution in [1.29, 1.82) is 0 Å². The van der Waals surface area contributed by atoms with Gasteiger partial charge < -0.3 is 15.5 Å². The van der Waals surface area contributed by atoms with E-state index in [4.69, 9.17) is 0 Å². The van der Waals surface area contributed by atoms with Crippen LogP contribution in [-0.4, -0.2) is 51.0 Å². The van der Waals surface area contributed by atoms with Crippen molar-refractivity contribution < 1.29 is 4.79 Å². The van der Waals surface area contributed by atoms with Crippen molar-refractivity contribution in [3.05, 3.63) is 71.3 Å². The van der Waals surface area contributed by atoms with Gasteiger partial charge in [0.25, 0.3) is 5.91 Å². The molecule has 0 unspecified atom stereocenters. The van der Waals surface area contributed by atoms with E-state index in [1.807, 2.05) is 25.2 Å². The summed E-state index contributed by atoms with van der Waals surface area (Å²) in [5.41, 5.74) is 3.49. The number of aliphatic imine (C=N–C) groups is 1. The zero-order valence-electron chi connectivity index (χ0n) is 18.9. The van der Waals surface area contributed by atoms with E-state index in [1.54, 1.807) is 19.0 Å². The molecule has 1 fully saturated rings. The second-order valence-corrected chi connectivity index (χ2v) is 8.36. The Morgan fingerprint density at radius 1 is 1.03 bits per heavy atom. The molecule has 0 saturated heterocycles. The molecule has 0 radical (unpaired) electrons. The van der Waals surface area contributed by atoms with Crippen LogP contribution in [0.2, 0.25) is 0 Å². The smallest absolute Gasteiger partial charge is 0.253 e. The maximum Gasteiger partial charge on any atom is 0.253 e. The van der Waals surface area contributed by atoms with Crippen LogP contribution in [0, 0.1) is 0 Å². The number of carbonyl (C=O) groups is 1. The molecule has 6 heteroatoms. The van der Waals surface area contributed by atoms with Crippen molar-refractivity contribution in [2.24, 2.45) is 4.99 Å². The molecule has 2 aromatic carbocycles. The predicted molar refractivity (Wildman–Crippen MR) is 140 cm³/mol. The lowest BCUT2D eigenvalue weighted by Gasteiger charge is -2.30. The Morgan fingerprint density at radius 3 is 2.39 bits per heavy atom. The standard InChI is InChI=1S/C25H34N4O.HI/c1-26-24(27-17-14-20-10-9-11-21(18-20)23(30)29(2)3)28-19-25(15-7-8-16-25)22-12-5-4-6-13-22;/h4-6,9-13,18H,7-8,14-17,19H2,1-3H3,(H2,26,27,28);1H. The van der Waals surface area contributed by atoms with E-state index >= 15 is 0 Å². The van der Waals surface area contributed by atoms with Crippen molar-refractivity contribution in [3.8, 4) is 0 Å². The summed E-state index contributed by atoms with van der Waals surface area (Å²) in [4.78, 5) is 18.2. The summed E-state index contributed by atoms with van der Waals surface area (Å²) in [7, 11) is 5.37. The van der Waals surface area contributed by atoms with Gasteiger partial charge in [0.15, 0.2) is 5.96 Å². The lowest BCUT2D eigenvalue weighted by atomic mass is 9.79.